The van der Waals surface area contributed by atoms with E-state index in [-0.39, 0.29) is 12.5 Å². The number of aromatic amines is 1. The minimum Gasteiger partial charge on any atom is -0.358 e. The molecule has 0 aromatic carbocycles. The molecule has 5 heteroatoms. The first-order valence-electron chi connectivity index (χ1n) is 3.21. The highest BCUT2D eigenvalue weighted by Gasteiger charge is 2.15. The van der Waals surface area contributed by atoms with Crippen molar-refractivity contribution in [2.75, 3.05) is 6.54 Å². The zero-order valence-electron chi connectivity index (χ0n) is 5.66. The Morgan fingerprint density at radius 1 is 1.55 bits per heavy atom. The molecule has 11 heavy (non-hydrogen) atoms. The van der Waals surface area contributed by atoms with Gasteiger partial charge in [-0.2, -0.15) is 4.99 Å². The maximum absolute atomic E-state index is 10.7. The lowest BCUT2D eigenvalue weighted by molar-refractivity contribution is -0.116. The van der Waals surface area contributed by atoms with Crippen LogP contribution in [0.3, 0.4) is 0 Å². The molecular weight excluding hydrogens is 144 g/mol. The fourth-order valence-corrected chi connectivity index (χ4v) is 0.895. The number of rotatable bonds is 1. The second kappa shape index (κ2) is 2.19. The van der Waals surface area contributed by atoms with Crippen LogP contribution in [0.5, 0.6) is 0 Å². The van der Waals surface area contributed by atoms with Crippen LogP contribution in [0, 0.1) is 0 Å². The third-order valence-electron chi connectivity index (χ3n) is 1.37. The lowest BCUT2D eigenvalue weighted by Crippen LogP contribution is -2.21. The van der Waals surface area contributed by atoms with Gasteiger partial charge in [-0.25, -0.2) is 4.98 Å². The molecule has 0 saturated heterocycles. The molecule has 1 aliphatic heterocycles. The van der Waals surface area contributed by atoms with Gasteiger partial charge in [-0.05, 0) is 0 Å². The Morgan fingerprint density at radius 2 is 2.45 bits per heavy atom. The molecule has 0 atom stereocenters. The number of carbonyl (C=O) groups is 1. The number of nitrogens with one attached hydrogen (secondary N) is 2. The third-order valence-corrected chi connectivity index (χ3v) is 1.37. The van der Waals surface area contributed by atoms with Crippen molar-refractivity contribution in [1.82, 2.24) is 15.3 Å². The molecule has 0 aliphatic carbocycles. The summed E-state index contributed by atoms with van der Waals surface area (Å²) < 4.78 is 0. The Labute approximate surface area is 62.6 Å². The van der Waals surface area contributed by atoms with E-state index in [9.17, 15) is 4.79 Å². The molecule has 1 aromatic heterocycles. The van der Waals surface area contributed by atoms with Gasteiger partial charge in [0.05, 0.1) is 6.54 Å². The molecule has 1 aromatic rings. The summed E-state index contributed by atoms with van der Waals surface area (Å²) in [4.78, 5) is 21.1. The molecular formula is C6H6N4O. The number of hydrogen-bond donors (Lipinski definition) is 2. The highest BCUT2D eigenvalue weighted by molar-refractivity contribution is 6.08. The van der Waals surface area contributed by atoms with Gasteiger partial charge in [0.15, 0.2) is 11.7 Å². The van der Waals surface area contributed by atoms with Gasteiger partial charge in [0.1, 0.15) is 0 Å². The Balaban J connectivity index is 2.31. The molecule has 5 nitrogen and oxygen atoms in total. The number of H-pyrrole nitrogens is 1. The minimum atomic E-state index is -0.156. The van der Waals surface area contributed by atoms with Crippen LogP contribution in [0.1, 0.15) is 5.82 Å². The van der Waals surface area contributed by atoms with Crippen molar-refractivity contribution >= 4 is 11.7 Å². The van der Waals surface area contributed by atoms with Crippen molar-refractivity contribution < 1.29 is 4.79 Å². The van der Waals surface area contributed by atoms with E-state index in [2.05, 4.69) is 20.3 Å². The van der Waals surface area contributed by atoms with E-state index in [1.54, 1.807) is 12.4 Å². The average Bonchev–Trinajstić information content (AvgIpc) is 2.55. The molecule has 2 heterocycles. The molecule has 0 radical (unpaired) electrons. The summed E-state index contributed by atoms with van der Waals surface area (Å²) in [6.07, 6.45) is 3.30. The Bertz CT molecular complexity index is 300. The van der Waals surface area contributed by atoms with Gasteiger partial charge in [0.2, 0.25) is 0 Å². The fraction of sp³-hybridized carbons (Fsp3) is 0.167. The van der Waals surface area contributed by atoms with Crippen molar-refractivity contribution in [2.45, 2.75) is 0 Å². The molecule has 1 aliphatic rings. The molecule has 0 saturated carbocycles. The highest BCUT2D eigenvalue weighted by Crippen LogP contribution is 1.95. The lowest BCUT2D eigenvalue weighted by atomic mass is 10.5. The van der Waals surface area contributed by atoms with Crippen LogP contribution in [0.2, 0.25) is 0 Å². The summed E-state index contributed by atoms with van der Waals surface area (Å²) in [7, 11) is 0. The molecule has 0 bridgehead atoms. The minimum absolute atomic E-state index is 0.156. The van der Waals surface area contributed by atoms with Gasteiger partial charge in [-0.1, -0.05) is 0 Å². The van der Waals surface area contributed by atoms with Crippen LogP contribution in [-0.2, 0) is 4.79 Å². The number of nitrogens with zero attached hydrogens (tertiary/aromatic N) is 2. The van der Waals surface area contributed by atoms with E-state index in [0.717, 1.165) is 0 Å². The monoisotopic (exact) mass is 150 g/mol. The summed E-state index contributed by atoms with van der Waals surface area (Å²) in [5.74, 6) is 0.979. The standard InChI is InChI=1S/C6H6N4O/c11-4-3-9-6(10-4)5-7-1-2-8-5/h1-2H,3H2,(H,7,8)(H,9,10,11). The van der Waals surface area contributed by atoms with Crippen molar-refractivity contribution in [3.63, 3.8) is 0 Å². The smallest absolute Gasteiger partial charge is 0.267 e. The first-order valence-corrected chi connectivity index (χ1v) is 3.21. The Hall–Kier alpha value is -1.65. The van der Waals surface area contributed by atoms with Crippen molar-refractivity contribution in [3.8, 4) is 0 Å². The molecule has 0 spiro atoms. The van der Waals surface area contributed by atoms with Crippen molar-refractivity contribution in [2.24, 2.45) is 4.99 Å². The largest absolute Gasteiger partial charge is 0.358 e. The van der Waals surface area contributed by atoms with Gasteiger partial charge < -0.3 is 10.3 Å². The van der Waals surface area contributed by atoms with Crippen LogP contribution in [0.4, 0.5) is 0 Å². The van der Waals surface area contributed by atoms with Crippen LogP contribution < -0.4 is 5.32 Å². The summed E-state index contributed by atoms with van der Waals surface area (Å²) in [5.41, 5.74) is 0. The van der Waals surface area contributed by atoms with E-state index >= 15 is 0 Å². The zero-order chi connectivity index (χ0) is 7.68. The van der Waals surface area contributed by atoms with Crippen LogP contribution in [-0.4, -0.2) is 28.3 Å². The molecule has 0 fully saturated rings. The fourth-order valence-electron chi connectivity index (χ4n) is 0.895. The van der Waals surface area contributed by atoms with Gasteiger partial charge in [-0.15, -0.1) is 0 Å². The molecule has 2 rings (SSSR count). The van der Waals surface area contributed by atoms with Gasteiger partial charge in [0.25, 0.3) is 5.91 Å². The van der Waals surface area contributed by atoms with Crippen LogP contribution in [0.25, 0.3) is 0 Å². The number of carbonyl (C=O) groups excluding carboxylic acids is 1. The average molecular weight is 150 g/mol. The number of amides is 1. The van der Waals surface area contributed by atoms with E-state index in [1.807, 2.05) is 0 Å². The predicted octanol–water partition coefficient (Wildman–Crippen LogP) is -0.714. The first-order chi connectivity index (χ1) is 5.36. The maximum Gasteiger partial charge on any atom is 0.267 e. The number of amidine groups is 1. The molecule has 2 N–H and O–H groups in total. The first kappa shape index (κ1) is 6.09. The van der Waals surface area contributed by atoms with Crippen LogP contribution >= 0.6 is 0 Å². The molecule has 56 valence electrons. The second-order valence-corrected chi connectivity index (χ2v) is 2.15. The maximum atomic E-state index is 10.7. The number of aromatic nitrogens is 2. The van der Waals surface area contributed by atoms with Gasteiger partial charge in [0, 0.05) is 12.4 Å². The Kier molecular flexibility index (Phi) is 1.21. The number of aliphatic imine (C=N–C) groups is 1. The van der Waals surface area contributed by atoms with Gasteiger partial charge >= 0.3 is 0 Å². The second-order valence-electron chi connectivity index (χ2n) is 2.15. The predicted molar refractivity (Wildman–Crippen MR) is 38.1 cm³/mol. The highest BCUT2D eigenvalue weighted by atomic mass is 16.1. The SMILES string of the molecule is O=C1CNC(c2ncc[nH]2)=N1. The normalized spacial score (nSPS) is 16.4. The van der Waals surface area contributed by atoms with Crippen molar-refractivity contribution in [1.29, 1.82) is 0 Å². The topological polar surface area (TPSA) is 70.1 Å². The number of imidazole rings is 1. The van der Waals surface area contributed by atoms with E-state index < -0.39 is 0 Å². The summed E-state index contributed by atoms with van der Waals surface area (Å²) in [6.45, 7) is 0.274. The molecule has 0 unspecified atom stereocenters. The summed E-state index contributed by atoms with van der Waals surface area (Å²) in [6, 6.07) is 0. The number of hydrogen-bond acceptors (Lipinski definition) is 3. The molecule has 1 amide bonds. The van der Waals surface area contributed by atoms with E-state index in [4.69, 9.17) is 0 Å². The Morgan fingerprint density at radius 3 is 3.00 bits per heavy atom. The van der Waals surface area contributed by atoms with Crippen LogP contribution in [0.15, 0.2) is 17.4 Å². The van der Waals surface area contributed by atoms with Crippen molar-refractivity contribution in [3.05, 3.63) is 18.2 Å². The summed E-state index contributed by atoms with van der Waals surface area (Å²) >= 11 is 0. The lowest BCUT2D eigenvalue weighted by Gasteiger charge is -1.92. The van der Waals surface area contributed by atoms with E-state index in [1.165, 1.54) is 0 Å². The summed E-state index contributed by atoms with van der Waals surface area (Å²) in [5, 5.41) is 2.82. The van der Waals surface area contributed by atoms with Gasteiger partial charge in [-0.3, -0.25) is 4.79 Å². The van der Waals surface area contributed by atoms with E-state index in [0.29, 0.717) is 11.7 Å². The third kappa shape index (κ3) is 1.000. The zero-order valence-corrected chi connectivity index (χ0v) is 5.66. The quantitative estimate of drug-likeness (QED) is 0.555.